The van der Waals surface area contributed by atoms with Gasteiger partial charge in [-0.05, 0) is 20.3 Å². The minimum Gasteiger partial charge on any atom is -0.240 e. The van der Waals surface area contributed by atoms with Crippen LogP contribution in [-0.2, 0) is 7.05 Å². The van der Waals surface area contributed by atoms with E-state index >= 15 is 0 Å². The van der Waals surface area contributed by atoms with E-state index in [1.165, 1.54) is 5.57 Å². The van der Waals surface area contributed by atoms with Crippen molar-refractivity contribution in [3.63, 3.8) is 0 Å². The molecule has 0 saturated carbocycles. The van der Waals surface area contributed by atoms with Crippen molar-refractivity contribution in [1.29, 1.82) is 0 Å². The number of hydrogen-bond acceptors (Lipinski definition) is 2. The van der Waals surface area contributed by atoms with Gasteiger partial charge in [0.1, 0.15) is 0 Å². The molecule has 4 heteroatoms. The van der Waals surface area contributed by atoms with E-state index < -0.39 is 0 Å². The van der Waals surface area contributed by atoms with Crippen LogP contribution in [0.3, 0.4) is 0 Å². The molecule has 0 fully saturated rings. The predicted molar refractivity (Wildman–Crippen MR) is 58.4 cm³/mol. The standard InChI is InChI=1S/C11H17N4/c1-8-5-9(2)11(13-10(8)3)15-7-14(4)6-12-15/h6-7,9H,5H2,1-4H3/q+1. The molecule has 0 amide bonds. The van der Waals surface area contributed by atoms with Crippen molar-refractivity contribution in [2.24, 2.45) is 18.0 Å². The van der Waals surface area contributed by atoms with Gasteiger partial charge in [0.25, 0.3) is 6.33 Å². The topological polar surface area (TPSA) is 34.1 Å². The molecule has 2 heterocycles. The molecule has 2 rings (SSSR count). The Morgan fingerprint density at radius 1 is 1.47 bits per heavy atom. The molecule has 15 heavy (non-hydrogen) atoms. The second kappa shape index (κ2) is 3.61. The molecule has 0 saturated heterocycles. The molecular formula is C11H17N4+. The lowest BCUT2D eigenvalue weighted by Gasteiger charge is -2.17. The van der Waals surface area contributed by atoms with Crippen molar-refractivity contribution >= 4 is 5.84 Å². The first-order valence-corrected chi connectivity index (χ1v) is 5.23. The summed E-state index contributed by atoms with van der Waals surface area (Å²) in [4.78, 5) is 4.61. The van der Waals surface area contributed by atoms with Crippen LogP contribution in [-0.4, -0.2) is 15.6 Å². The molecule has 0 bridgehead atoms. The van der Waals surface area contributed by atoms with E-state index in [4.69, 9.17) is 0 Å². The summed E-state index contributed by atoms with van der Waals surface area (Å²) < 4.78 is 3.79. The van der Waals surface area contributed by atoms with Gasteiger partial charge in [0.2, 0.25) is 12.2 Å². The summed E-state index contributed by atoms with van der Waals surface area (Å²) >= 11 is 0. The fourth-order valence-electron chi connectivity index (χ4n) is 1.84. The number of aryl methyl sites for hydroxylation is 1. The first kappa shape index (κ1) is 10.1. The fourth-order valence-corrected chi connectivity index (χ4v) is 1.84. The maximum atomic E-state index is 4.61. The number of allylic oxidation sites excluding steroid dienone is 2. The van der Waals surface area contributed by atoms with E-state index in [0.717, 1.165) is 18.0 Å². The lowest BCUT2D eigenvalue weighted by molar-refractivity contribution is -0.671. The zero-order valence-corrected chi connectivity index (χ0v) is 9.73. The number of aliphatic imine (C=N–C) groups is 1. The van der Waals surface area contributed by atoms with Gasteiger partial charge in [-0.1, -0.05) is 17.2 Å². The van der Waals surface area contributed by atoms with Crippen molar-refractivity contribution < 1.29 is 4.57 Å². The normalized spacial score (nSPS) is 21.9. The third-order valence-electron chi connectivity index (χ3n) is 2.84. The van der Waals surface area contributed by atoms with Gasteiger partial charge in [-0.3, -0.25) is 0 Å². The number of rotatable bonds is 0. The Labute approximate surface area is 90.0 Å². The average Bonchev–Trinajstić information content (AvgIpc) is 2.58. The van der Waals surface area contributed by atoms with Gasteiger partial charge >= 0.3 is 0 Å². The van der Waals surface area contributed by atoms with E-state index in [-0.39, 0.29) is 0 Å². The maximum Gasteiger partial charge on any atom is 0.265 e. The minimum absolute atomic E-state index is 0.439. The first-order chi connectivity index (χ1) is 7.08. The Balaban J connectivity index is 2.41. The van der Waals surface area contributed by atoms with Crippen LogP contribution in [0.25, 0.3) is 0 Å². The number of nitrogens with zero attached hydrogens (tertiary/aromatic N) is 4. The van der Waals surface area contributed by atoms with Gasteiger partial charge in [0, 0.05) is 16.7 Å². The Hall–Kier alpha value is -1.45. The van der Waals surface area contributed by atoms with Crippen LogP contribution in [0.15, 0.2) is 28.9 Å². The van der Waals surface area contributed by atoms with Crippen LogP contribution in [0.5, 0.6) is 0 Å². The molecule has 0 spiro atoms. The van der Waals surface area contributed by atoms with Crippen molar-refractivity contribution in [3.05, 3.63) is 23.9 Å². The van der Waals surface area contributed by atoms with Crippen molar-refractivity contribution in [3.8, 4) is 0 Å². The summed E-state index contributed by atoms with van der Waals surface area (Å²) in [6.45, 7) is 6.40. The number of hydrogen-bond donors (Lipinski definition) is 0. The Bertz CT molecular complexity index is 439. The van der Waals surface area contributed by atoms with Gasteiger partial charge in [-0.2, -0.15) is 0 Å². The molecule has 0 aromatic carbocycles. The molecule has 0 radical (unpaired) electrons. The fraction of sp³-hybridized carbons (Fsp3) is 0.545. The van der Waals surface area contributed by atoms with E-state index in [1.807, 2.05) is 22.6 Å². The largest absolute Gasteiger partial charge is 0.265 e. The van der Waals surface area contributed by atoms with E-state index in [2.05, 4.69) is 30.9 Å². The molecule has 1 aromatic rings. The third-order valence-corrected chi connectivity index (χ3v) is 2.84. The van der Waals surface area contributed by atoms with Crippen LogP contribution in [0, 0.1) is 5.92 Å². The van der Waals surface area contributed by atoms with Crippen molar-refractivity contribution in [1.82, 2.24) is 9.78 Å². The highest BCUT2D eigenvalue weighted by Gasteiger charge is 2.24. The molecule has 1 aromatic heterocycles. The van der Waals surface area contributed by atoms with E-state index in [1.54, 1.807) is 6.33 Å². The summed E-state index contributed by atoms with van der Waals surface area (Å²) in [7, 11) is 1.96. The minimum atomic E-state index is 0.439. The van der Waals surface area contributed by atoms with Gasteiger partial charge in [0.15, 0.2) is 0 Å². The van der Waals surface area contributed by atoms with Gasteiger partial charge in [-0.25, -0.2) is 9.56 Å². The van der Waals surface area contributed by atoms with Crippen LogP contribution < -0.4 is 4.57 Å². The quantitative estimate of drug-likeness (QED) is 0.588. The molecule has 1 atom stereocenters. The smallest absolute Gasteiger partial charge is 0.240 e. The number of aromatic nitrogens is 3. The van der Waals surface area contributed by atoms with Crippen LogP contribution >= 0.6 is 0 Å². The van der Waals surface area contributed by atoms with E-state index in [9.17, 15) is 0 Å². The molecule has 4 nitrogen and oxygen atoms in total. The lowest BCUT2D eigenvalue weighted by atomic mass is 9.97. The summed E-state index contributed by atoms with van der Waals surface area (Å²) in [5, 5.41) is 4.28. The molecule has 80 valence electrons. The highest BCUT2D eigenvalue weighted by Crippen LogP contribution is 2.23. The monoisotopic (exact) mass is 205 g/mol. The average molecular weight is 205 g/mol. The van der Waals surface area contributed by atoms with Gasteiger partial charge < -0.3 is 0 Å². The van der Waals surface area contributed by atoms with E-state index in [0.29, 0.717) is 5.92 Å². The Kier molecular flexibility index (Phi) is 2.42. The second-order valence-electron chi connectivity index (χ2n) is 4.30. The lowest BCUT2D eigenvalue weighted by Crippen LogP contribution is -2.28. The molecule has 0 N–H and O–H groups in total. The highest BCUT2D eigenvalue weighted by molar-refractivity contribution is 5.87. The second-order valence-corrected chi connectivity index (χ2v) is 4.30. The predicted octanol–water partition coefficient (Wildman–Crippen LogP) is 1.29. The molecule has 1 unspecified atom stereocenters. The zero-order valence-electron chi connectivity index (χ0n) is 9.73. The molecule has 0 aliphatic carbocycles. The summed E-state index contributed by atoms with van der Waals surface area (Å²) in [6.07, 6.45) is 4.81. The SMILES string of the molecule is CC1=C(C)N=C(n2c[n+](C)cn2)C(C)C1. The zero-order chi connectivity index (χ0) is 11.0. The molecule has 1 aliphatic rings. The molecular weight excluding hydrogens is 188 g/mol. The summed E-state index contributed by atoms with van der Waals surface area (Å²) in [6, 6.07) is 0. The summed E-state index contributed by atoms with van der Waals surface area (Å²) in [5.41, 5.74) is 2.50. The van der Waals surface area contributed by atoms with Crippen LogP contribution in [0.4, 0.5) is 0 Å². The van der Waals surface area contributed by atoms with Crippen LogP contribution in [0.1, 0.15) is 27.2 Å². The van der Waals surface area contributed by atoms with Crippen LogP contribution in [0.2, 0.25) is 0 Å². The van der Waals surface area contributed by atoms with Gasteiger partial charge in [0.05, 0.1) is 7.05 Å². The molecule has 1 aliphatic heterocycles. The van der Waals surface area contributed by atoms with Crippen molar-refractivity contribution in [2.45, 2.75) is 27.2 Å². The van der Waals surface area contributed by atoms with Crippen molar-refractivity contribution in [2.75, 3.05) is 0 Å². The Morgan fingerprint density at radius 2 is 2.20 bits per heavy atom. The third kappa shape index (κ3) is 1.84. The first-order valence-electron chi connectivity index (χ1n) is 5.23. The van der Waals surface area contributed by atoms with Gasteiger partial charge in [-0.15, -0.1) is 0 Å². The summed E-state index contributed by atoms with van der Waals surface area (Å²) in [5.74, 6) is 1.48. The Morgan fingerprint density at radius 3 is 2.80 bits per heavy atom. The maximum absolute atomic E-state index is 4.61. The highest BCUT2D eigenvalue weighted by atomic mass is 15.4.